The van der Waals surface area contributed by atoms with E-state index in [9.17, 15) is 0 Å². The minimum Gasteiger partial charge on any atom is -0.0788 e. The van der Waals surface area contributed by atoms with Crippen LogP contribution in [0, 0.1) is 11.8 Å². The molecule has 0 N–H and O–H groups in total. The number of hydrogen-bond acceptors (Lipinski definition) is 0. The second-order valence-electron chi connectivity index (χ2n) is 11.7. The molecule has 0 radical (unpaired) electrons. The van der Waals surface area contributed by atoms with E-state index in [1.165, 1.54) is 49.7 Å². The average molecular weight is 450 g/mol. The first-order chi connectivity index (χ1) is 11.4. The van der Waals surface area contributed by atoms with Crippen LogP contribution in [-0.4, -0.2) is 3.42 Å². The third kappa shape index (κ3) is 3.21. The lowest BCUT2D eigenvalue weighted by Gasteiger charge is -2.61. The Morgan fingerprint density at radius 1 is 0.800 bits per heavy atom. The smallest absolute Gasteiger partial charge is 0.0236 e. The fourth-order valence-electron chi connectivity index (χ4n) is 6.29. The lowest BCUT2D eigenvalue weighted by atomic mass is 9.47. The van der Waals surface area contributed by atoms with Crippen molar-refractivity contribution in [1.29, 1.82) is 0 Å². The summed E-state index contributed by atoms with van der Waals surface area (Å²) in [4.78, 5) is 0. The molecule has 4 aliphatic carbocycles. The van der Waals surface area contributed by atoms with Crippen LogP contribution in [0.4, 0.5) is 0 Å². The van der Waals surface area contributed by atoms with Gasteiger partial charge in [0.05, 0.1) is 0 Å². The first-order valence-corrected chi connectivity index (χ1v) is 11.3. The third-order valence-electron chi connectivity index (χ3n) is 7.27. The quantitative estimate of drug-likeness (QED) is 0.311. The zero-order chi connectivity index (χ0) is 18.3. The normalized spacial score (nSPS) is 37.6. The van der Waals surface area contributed by atoms with E-state index in [1.54, 1.807) is 5.56 Å². The van der Waals surface area contributed by atoms with Gasteiger partial charge in [-0.3, -0.25) is 0 Å². The molecular weight excluding hydrogens is 415 g/mol. The molecule has 4 aliphatic rings. The molecule has 138 valence electrons. The van der Waals surface area contributed by atoms with E-state index >= 15 is 0 Å². The monoisotopic (exact) mass is 450 g/mol. The molecule has 1 heteroatoms. The van der Waals surface area contributed by atoms with Gasteiger partial charge in [-0.2, -0.15) is 0 Å². The van der Waals surface area contributed by atoms with Gasteiger partial charge in [0.15, 0.2) is 0 Å². The molecule has 0 heterocycles. The largest absolute Gasteiger partial charge is 0.0788 e. The van der Waals surface area contributed by atoms with Gasteiger partial charge in [0.25, 0.3) is 0 Å². The number of rotatable bonds is 1. The van der Waals surface area contributed by atoms with Crippen molar-refractivity contribution < 1.29 is 0 Å². The van der Waals surface area contributed by atoms with Gasteiger partial charge in [-0.1, -0.05) is 82.3 Å². The molecule has 5 rings (SSSR count). The van der Waals surface area contributed by atoms with Crippen LogP contribution < -0.4 is 0 Å². The molecule has 0 spiro atoms. The topological polar surface area (TPSA) is 0 Å². The van der Waals surface area contributed by atoms with Gasteiger partial charge in [-0.15, -0.1) is 0 Å². The van der Waals surface area contributed by atoms with Crippen LogP contribution in [0.15, 0.2) is 18.2 Å². The van der Waals surface area contributed by atoms with E-state index in [2.05, 4.69) is 82.3 Å². The van der Waals surface area contributed by atoms with E-state index in [0.717, 1.165) is 11.8 Å². The van der Waals surface area contributed by atoms with Crippen molar-refractivity contribution >= 4 is 22.6 Å². The molecule has 1 aromatic carbocycles. The van der Waals surface area contributed by atoms with E-state index in [4.69, 9.17) is 0 Å². The Kier molecular flexibility index (Phi) is 4.02. The van der Waals surface area contributed by atoms with Gasteiger partial charge in [0.2, 0.25) is 0 Å². The Balaban J connectivity index is 1.85. The summed E-state index contributed by atoms with van der Waals surface area (Å²) in [6, 6.07) is 7.69. The number of halogens is 1. The van der Waals surface area contributed by atoms with Crippen molar-refractivity contribution in [3.63, 3.8) is 0 Å². The molecule has 2 atom stereocenters. The minimum absolute atomic E-state index is 0.223. The summed E-state index contributed by atoms with van der Waals surface area (Å²) in [6.07, 6.45) is 8.80. The molecule has 0 amide bonds. The summed E-state index contributed by atoms with van der Waals surface area (Å²) in [5.41, 5.74) is 5.66. The van der Waals surface area contributed by atoms with Crippen molar-refractivity contribution in [2.24, 2.45) is 11.8 Å². The predicted molar refractivity (Wildman–Crippen MR) is 117 cm³/mol. The van der Waals surface area contributed by atoms with Crippen LogP contribution in [0.1, 0.15) is 96.8 Å². The molecule has 4 saturated carbocycles. The molecule has 0 aromatic heterocycles. The average Bonchev–Trinajstić information content (AvgIpc) is 2.42. The molecule has 1 aromatic rings. The van der Waals surface area contributed by atoms with Crippen molar-refractivity contribution in [3.05, 3.63) is 34.9 Å². The fourth-order valence-corrected chi connectivity index (χ4v) is 8.26. The number of benzene rings is 1. The Morgan fingerprint density at radius 2 is 1.28 bits per heavy atom. The SMILES string of the molecule is CC(C)(C)c1cc(C(C)(C)C)cc(C23CC4CC(CC(I)(C4)C2)C3)c1. The van der Waals surface area contributed by atoms with E-state index < -0.39 is 0 Å². The first-order valence-electron chi connectivity index (χ1n) is 10.2. The maximum atomic E-state index is 2.85. The summed E-state index contributed by atoms with van der Waals surface area (Å²) in [5.74, 6) is 1.96. The third-order valence-corrected chi connectivity index (χ3v) is 8.53. The molecule has 0 aliphatic heterocycles. The van der Waals surface area contributed by atoms with Crippen LogP contribution in [0.25, 0.3) is 0 Å². The zero-order valence-corrected chi connectivity index (χ0v) is 19.2. The molecule has 2 unspecified atom stereocenters. The molecule has 0 nitrogen and oxygen atoms in total. The highest BCUT2D eigenvalue weighted by atomic mass is 127. The summed E-state index contributed by atoms with van der Waals surface area (Å²) in [7, 11) is 0. The molecule has 4 fully saturated rings. The maximum Gasteiger partial charge on any atom is 0.0236 e. The van der Waals surface area contributed by atoms with Gasteiger partial charge in [-0.05, 0) is 83.3 Å². The Morgan fingerprint density at radius 3 is 1.68 bits per heavy atom. The summed E-state index contributed by atoms with van der Waals surface area (Å²) >= 11 is 2.85. The van der Waals surface area contributed by atoms with E-state index in [0.29, 0.717) is 8.84 Å². The van der Waals surface area contributed by atoms with Crippen LogP contribution in [0.2, 0.25) is 0 Å². The van der Waals surface area contributed by atoms with Gasteiger partial charge >= 0.3 is 0 Å². The Labute approximate surface area is 168 Å². The lowest BCUT2D eigenvalue weighted by Crippen LogP contribution is -2.54. The highest BCUT2D eigenvalue weighted by Gasteiger charge is 2.57. The highest BCUT2D eigenvalue weighted by Crippen LogP contribution is 2.65. The number of hydrogen-bond donors (Lipinski definition) is 0. The standard InChI is InChI=1S/C24H35I/c1-21(2,3)18-8-19(22(4,5)6)10-20(9-18)23-11-16-7-17(12-23)14-24(25,13-16)15-23/h8-10,16-17H,7,11-15H2,1-6H3. The van der Waals surface area contributed by atoms with Crippen molar-refractivity contribution in [3.8, 4) is 0 Å². The minimum atomic E-state index is 0.223. The second-order valence-corrected chi connectivity index (χ2v) is 14.0. The van der Waals surface area contributed by atoms with Crippen LogP contribution >= 0.6 is 22.6 Å². The van der Waals surface area contributed by atoms with Gasteiger partial charge in [0, 0.05) is 3.42 Å². The molecule has 25 heavy (non-hydrogen) atoms. The van der Waals surface area contributed by atoms with E-state index in [-0.39, 0.29) is 10.8 Å². The van der Waals surface area contributed by atoms with Crippen LogP contribution in [-0.2, 0) is 16.2 Å². The van der Waals surface area contributed by atoms with Gasteiger partial charge in [0.1, 0.15) is 0 Å². The van der Waals surface area contributed by atoms with Crippen LogP contribution in [0.5, 0.6) is 0 Å². The number of alkyl halides is 1. The predicted octanol–water partition coefficient (Wildman–Crippen LogP) is 7.31. The fraction of sp³-hybridized carbons (Fsp3) is 0.750. The maximum absolute atomic E-state index is 2.85. The van der Waals surface area contributed by atoms with E-state index in [1.807, 2.05) is 0 Å². The molecule has 0 saturated heterocycles. The van der Waals surface area contributed by atoms with Crippen molar-refractivity contribution in [1.82, 2.24) is 0 Å². The summed E-state index contributed by atoms with van der Waals surface area (Å²) in [5, 5.41) is 0. The lowest BCUT2D eigenvalue weighted by molar-refractivity contribution is 0.0187. The molecule has 4 bridgehead atoms. The summed E-state index contributed by atoms with van der Waals surface area (Å²) < 4.78 is 0.585. The van der Waals surface area contributed by atoms with Crippen molar-refractivity contribution in [2.75, 3.05) is 0 Å². The second kappa shape index (κ2) is 5.49. The van der Waals surface area contributed by atoms with Gasteiger partial charge < -0.3 is 0 Å². The van der Waals surface area contributed by atoms with Crippen LogP contribution in [0.3, 0.4) is 0 Å². The highest BCUT2D eigenvalue weighted by molar-refractivity contribution is 14.1. The molecular formula is C24H35I. The Hall–Kier alpha value is -0.0500. The summed E-state index contributed by atoms with van der Waals surface area (Å²) in [6.45, 7) is 14.2. The van der Waals surface area contributed by atoms with Gasteiger partial charge in [-0.25, -0.2) is 0 Å². The first kappa shape index (κ1) is 18.3. The Bertz CT molecular complexity index is 639. The zero-order valence-electron chi connectivity index (χ0n) is 17.0. The van der Waals surface area contributed by atoms with Crippen molar-refractivity contribution in [2.45, 2.75) is 99.7 Å².